The molecule has 1 amide bonds. The van der Waals surface area contributed by atoms with Gasteiger partial charge in [-0.1, -0.05) is 12.1 Å². The summed E-state index contributed by atoms with van der Waals surface area (Å²) in [4.78, 5) is 18.6. The topological polar surface area (TPSA) is 107 Å². The van der Waals surface area contributed by atoms with Crippen LogP contribution in [0.3, 0.4) is 0 Å². The Kier molecular flexibility index (Phi) is 2.99. The summed E-state index contributed by atoms with van der Waals surface area (Å²) in [7, 11) is 0. The summed E-state index contributed by atoms with van der Waals surface area (Å²) in [6, 6.07) is 13.2. The zero-order valence-electron chi connectivity index (χ0n) is 12.5. The van der Waals surface area contributed by atoms with Crippen molar-refractivity contribution in [3.05, 3.63) is 59.9 Å². The molecular weight excluding hydrogens is 311 g/mol. The van der Waals surface area contributed by atoms with Crippen molar-refractivity contribution in [1.29, 1.82) is 0 Å². The molecular formula is C16H15FN6O+2. The number of guanidine groups is 2. The number of anilines is 2. The van der Waals surface area contributed by atoms with Crippen molar-refractivity contribution < 1.29 is 19.2 Å². The lowest BCUT2D eigenvalue weighted by molar-refractivity contribution is -0.789. The number of nitrogens with two attached hydrogens (primary N) is 1. The average Bonchev–Trinajstić information content (AvgIpc) is 2.81. The first-order valence-corrected chi connectivity index (χ1v) is 7.33. The van der Waals surface area contributed by atoms with Gasteiger partial charge in [0, 0.05) is 0 Å². The number of amides is 1. The van der Waals surface area contributed by atoms with Gasteiger partial charge in [0.25, 0.3) is 0 Å². The fourth-order valence-corrected chi connectivity index (χ4v) is 2.86. The van der Waals surface area contributed by atoms with E-state index in [0.717, 1.165) is 5.56 Å². The van der Waals surface area contributed by atoms with E-state index in [-0.39, 0.29) is 17.7 Å². The van der Waals surface area contributed by atoms with Gasteiger partial charge in [0.15, 0.2) is 0 Å². The van der Waals surface area contributed by atoms with Crippen molar-refractivity contribution in [1.82, 2.24) is 5.32 Å². The number of fused-ring (bicyclic) bond motifs is 2. The molecule has 24 heavy (non-hydrogen) atoms. The number of rotatable bonds is 1. The molecule has 0 unspecified atom stereocenters. The van der Waals surface area contributed by atoms with Gasteiger partial charge in [-0.15, -0.1) is 0 Å². The van der Waals surface area contributed by atoms with E-state index in [2.05, 4.69) is 25.9 Å². The van der Waals surface area contributed by atoms with E-state index < -0.39 is 5.66 Å². The second-order valence-electron chi connectivity index (χ2n) is 5.55. The van der Waals surface area contributed by atoms with Gasteiger partial charge in [-0.3, -0.25) is 10.5 Å². The summed E-state index contributed by atoms with van der Waals surface area (Å²) < 4.78 is 13.0. The highest BCUT2D eigenvalue weighted by Crippen LogP contribution is 2.27. The van der Waals surface area contributed by atoms with Crippen LogP contribution in [0.1, 0.15) is 5.56 Å². The molecule has 4 rings (SSSR count). The normalized spacial score (nSPS) is 21.5. The minimum atomic E-state index is -1.21. The summed E-state index contributed by atoms with van der Waals surface area (Å²) in [5, 5.41) is 8.75. The van der Waals surface area contributed by atoms with Crippen LogP contribution in [-0.4, -0.2) is 17.8 Å². The monoisotopic (exact) mass is 326 g/mol. The fraction of sp³-hybridized carbons (Fsp3) is 0.0625. The van der Waals surface area contributed by atoms with E-state index in [1.807, 2.05) is 24.3 Å². The third-order valence-electron chi connectivity index (χ3n) is 3.93. The first-order chi connectivity index (χ1) is 11.6. The molecule has 8 heteroatoms. The lowest BCUT2D eigenvalue weighted by Crippen LogP contribution is -3.14. The molecule has 0 bridgehead atoms. The zero-order chi connectivity index (χ0) is 16.7. The maximum Gasteiger partial charge on any atom is 0.361 e. The van der Waals surface area contributed by atoms with E-state index in [4.69, 9.17) is 5.73 Å². The Morgan fingerprint density at radius 3 is 2.58 bits per heavy atom. The molecule has 2 aliphatic heterocycles. The third-order valence-corrected chi connectivity index (χ3v) is 3.93. The molecule has 0 aromatic heterocycles. The standard InChI is InChI=1S/C16H13FN6O/c17-9-5-7-10(8-6-9)19-15-21-14(18)22-16(23-15)11-3-1-2-4-12(11)20-13(16)24/h1-8H,(H,20,24)(H4,18,19,21,22,23)/p+2/t16-/m0/s1. The summed E-state index contributed by atoms with van der Waals surface area (Å²) in [6.07, 6.45) is 0. The maximum absolute atomic E-state index is 13.0. The number of para-hydroxylation sites is 1. The predicted octanol–water partition coefficient (Wildman–Crippen LogP) is -2.52. The number of halogens is 1. The molecule has 7 N–H and O–H groups in total. The van der Waals surface area contributed by atoms with Crippen LogP contribution in [0.25, 0.3) is 0 Å². The minimum Gasteiger partial charge on any atom is -0.319 e. The van der Waals surface area contributed by atoms with E-state index >= 15 is 0 Å². The van der Waals surface area contributed by atoms with Crippen LogP contribution in [-0.2, 0) is 10.5 Å². The Labute approximate surface area is 136 Å². The summed E-state index contributed by atoms with van der Waals surface area (Å²) >= 11 is 0. The summed E-state index contributed by atoms with van der Waals surface area (Å²) in [5.74, 6) is 0.0184. The number of hydrogen-bond donors (Lipinski definition) is 6. The minimum absolute atomic E-state index is 0.213. The third kappa shape index (κ3) is 2.16. The van der Waals surface area contributed by atoms with E-state index in [0.29, 0.717) is 17.3 Å². The zero-order valence-corrected chi connectivity index (χ0v) is 12.5. The van der Waals surface area contributed by atoms with Crippen LogP contribution in [0.4, 0.5) is 15.8 Å². The van der Waals surface area contributed by atoms with Gasteiger partial charge in [-0.2, -0.15) is 5.32 Å². The second kappa shape index (κ2) is 5.05. The number of benzene rings is 2. The van der Waals surface area contributed by atoms with Gasteiger partial charge >= 0.3 is 23.5 Å². The molecule has 0 saturated heterocycles. The lowest BCUT2D eigenvalue weighted by atomic mass is 10.0. The molecule has 2 aromatic carbocycles. The van der Waals surface area contributed by atoms with Crippen LogP contribution in [0, 0.1) is 5.82 Å². The Bertz CT molecular complexity index is 892. The van der Waals surface area contributed by atoms with Gasteiger partial charge in [0.05, 0.1) is 16.9 Å². The number of carbonyl (C=O) groups excluding carboxylic acids is 1. The summed E-state index contributed by atoms with van der Waals surface area (Å²) in [5.41, 5.74) is 6.80. The van der Waals surface area contributed by atoms with Crippen molar-refractivity contribution in [2.24, 2.45) is 5.73 Å². The summed E-state index contributed by atoms with van der Waals surface area (Å²) in [6.45, 7) is 0. The van der Waals surface area contributed by atoms with Crippen LogP contribution in [0.5, 0.6) is 0 Å². The maximum atomic E-state index is 13.0. The Morgan fingerprint density at radius 1 is 1.04 bits per heavy atom. The highest BCUT2D eigenvalue weighted by Gasteiger charge is 2.52. The van der Waals surface area contributed by atoms with Gasteiger partial charge in [0.2, 0.25) is 0 Å². The number of hydrogen-bond acceptors (Lipinski definition) is 4. The molecule has 2 heterocycles. The van der Waals surface area contributed by atoms with Gasteiger partial charge in [-0.05, 0) is 36.4 Å². The highest BCUT2D eigenvalue weighted by molar-refractivity contribution is 6.06. The SMILES string of the molecule is NC1=[NH+][C@@]2([NH+]=C(Nc3ccc(F)cc3)N1)C(=O)Nc1ccccc12. The van der Waals surface area contributed by atoms with Crippen LogP contribution in [0.15, 0.2) is 48.5 Å². The van der Waals surface area contributed by atoms with E-state index in [9.17, 15) is 9.18 Å². The molecule has 7 nitrogen and oxygen atoms in total. The van der Waals surface area contributed by atoms with Crippen LogP contribution >= 0.6 is 0 Å². The molecule has 2 aliphatic rings. The van der Waals surface area contributed by atoms with Gasteiger partial charge < -0.3 is 5.32 Å². The molecule has 0 fully saturated rings. The number of nitrogens with one attached hydrogen (secondary N) is 5. The van der Waals surface area contributed by atoms with Crippen LogP contribution < -0.4 is 31.7 Å². The molecule has 2 aromatic rings. The number of carbonyl (C=O) groups is 1. The Hall–Kier alpha value is -3.42. The van der Waals surface area contributed by atoms with Crippen LogP contribution in [0.2, 0.25) is 0 Å². The molecule has 120 valence electrons. The van der Waals surface area contributed by atoms with Crippen molar-refractivity contribution >= 4 is 29.2 Å². The van der Waals surface area contributed by atoms with Crippen molar-refractivity contribution in [3.63, 3.8) is 0 Å². The van der Waals surface area contributed by atoms with E-state index in [1.165, 1.54) is 12.1 Å². The Balaban J connectivity index is 1.76. The predicted molar refractivity (Wildman–Crippen MR) is 86.0 cm³/mol. The quantitative estimate of drug-likeness (QED) is 0.348. The van der Waals surface area contributed by atoms with Crippen molar-refractivity contribution in [2.45, 2.75) is 5.66 Å². The second-order valence-corrected chi connectivity index (χ2v) is 5.55. The van der Waals surface area contributed by atoms with Crippen molar-refractivity contribution in [2.75, 3.05) is 10.6 Å². The van der Waals surface area contributed by atoms with Gasteiger partial charge in [-0.25, -0.2) is 19.7 Å². The first-order valence-electron chi connectivity index (χ1n) is 7.33. The lowest BCUT2D eigenvalue weighted by Gasteiger charge is -2.21. The molecule has 1 atom stereocenters. The Morgan fingerprint density at radius 2 is 1.79 bits per heavy atom. The highest BCUT2D eigenvalue weighted by atomic mass is 19.1. The van der Waals surface area contributed by atoms with E-state index in [1.54, 1.807) is 12.1 Å². The fourth-order valence-electron chi connectivity index (χ4n) is 2.86. The molecule has 1 spiro atoms. The first kappa shape index (κ1) is 14.2. The smallest absolute Gasteiger partial charge is 0.319 e. The molecule has 0 saturated carbocycles. The molecule has 0 aliphatic carbocycles. The average molecular weight is 326 g/mol. The van der Waals surface area contributed by atoms with Gasteiger partial charge in [0.1, 0.15) is 5.82 Å². The van der Waals surface area contributed by atoms with Crippen molar-refractivity contribution in [3.8, 4) is 0 Å². The molecule has 0 radical (unpaired) electrons. The largest absolute Gasteiger partial charge is 0.361 e.